The third-order valence-corrected chi connectivity index (χ3v) is 4.20. The molecule has 0 spiro atoms. The van der Waals surface area contributed by atoms with Crippen LogP contribution in [0.3, 0.4) is 0 Å². The monoisotopic (exact) mass is 354 g/mol. The Bertz CT molecular complexity index is 792. The molecule has 6 heteroatoms. The van der Waals surface area contributed by atoms with E-state index in [-0.39, 0.29) is 24.4 Å². The van der Waals surface area contributed by atoms with Crippen LogP contribution in [0.2, 0.25) is 0 Å². The van der Waals surface area contributed by atoms with Crippen molar-refractivity contribution in [2.45, 2.75) is 19.9 Å². The minimum Gasteiger partial charge on any atom is -0.486 e. The van der Waals surface area contributed by atoms with Crippen LogP contribution in [0, 0.1) is 0 Å². The Morgan fingerprint density at radius 2 is 1.77 bits per heavy atom. The minimum atomic E-state index is -0.230. The summed E-state index contributed by atoms with van der Waals surface area (Å²) in [6.45, 7) is 4.25. The number of nitrogens with zero attached hydrogens (tertiary/aromatic N) is 1. The molecule has 1 aliphatic rings. The summed E-state index contributed by atoms with van der Waals surface area (Å²) < 4.78 is 11.1. The minimum absolute atomic E-state index is 0.0633. The SMILES string of the molecule is CC(=O)N(CC(=O)NC(C)c1ccccc1)c1ccc2c(c1)OCCO2. The highest BCUT2D eigenvalue weighted by molar-refractivity contribution is 5.97. The zero-order chi connectivity index (χ0) is 18.5. The summed E-state index contributed by atoms with van der Waals surface area (Å²) in [7, 11) is 0. The molecule has 1 N–H and O–H groups in total. The van der Waals surface area contributed by atoms with E-state index in [1.54, 1.807) is 18.2 Å². The Morgan fingerprint density at radius 3 is 2.46 bits per heavy atom. The van der Waals surface area contributed by atoms with Crippen LogP contribution in [0.4, 0.5) is 5.69 Å². The molecule has 136 valence electrons. The summed E-state index contributed by atoms with van der Waals surface area (Å²) in [5, 5.41) is 2.92. The molecule has 0 saturated heterocycles. The topological polar surface area (TPSA) is 67.9 Å². The lowest BCUT2D eigenvalue weighted by Crippen LogP contribution is -2.40. The van der Waals surface area contributed by atoms with E-state index < -0.39 is 0 Å². The van der Waals surface area contributed by atoms with E-state index in [0.29, 0.717) is 30.4 Å². The summed E-state index contributed by atoms with van der Waals surface area (Å²) in [5.74, 6) is 0.777. The third-order valence-electron chi connectivity index (χ3n) is 4.20. The molecule has 0 aromatic heterocycles. The smallest absolute Gasteiger partial charge is 0.240 e. The molecule has 0 fully saturated rings. The molecule has 6 nitrogen and oxygen atoms in total. The van der Waals surface area contributed by atoms with Gasteiger partial charge in [0.15, 0.2) is 11.5 Å². The first-order valence-corrected chi connectivity index (χ1v) is 8.56. The van der Waals surface area contributed by atoms with Crippen molar-refractivity contribution in [3.8, 4) is 11.5 Å². The van der Waals surface area contributed by atoms with E-state index in [9.17, 15) is 9.59 Å². The van der Waals surface area contributed by atoms with E-state index in [1.807, 2.05) is 37.3 Å². The maximum Gasteiger partial charge on any atom is 0.240 e. The van der Waals surface area contributed by atoms with Crippen LogP contribution < -0.4 is 19.7 Å². The van der Waals surface area contributed by atoms with Crippen molar-refractivity contribution in [3.05, 3.63) is 54.1 Å². The van der Waals surface area contributed by atoms with Crippen molar-refractivity contribution >= 4 is 17.5 Å². The lowest BCUT2D eigenvalue weighted by atomic mass is 10.1. The number of benzene rings is 2. The van der Waals surface area contributed by atoms with Crippen LogP contribution in [0.15, 0.2) is 48.5 Å². The number of ether oxygens (including phenoxy) is 2. The quantitative estimate of drug-likeness (QED) is 0.896. The van der Waals surface area contributed by atoms with Gasteiger partial charge in [-0.15, -0.1) is 0 Å². The number of hydrogen-bond donors (Lipinski definition) is 1. The molecular formula is C20H22N2O4. The standard InChI is InChI=1S/C20H22N2O4/c1-14(16-6-4-3-5-7-16)21-20(24)13-22(15(2)23)17-8-9-18-19(12-17)26-11-10-25-18/h3-9,12,14H,10-11,13H2,1-2H3,(H,21,24). The van der Waals surface area contributed by atoms with Gasteiger partial charge in [0.25, 0.3) is 0 Å². The molecule has 26 heavy (non-hydrogen) atoms. The average molecular weight is 354 g/mol. The number of nitrogens with one attached hydrogen (secondary N) is 1. The molecule has 3 rings (SSSR count). The summed E-state index contributed by atoms with van der Waals surface area (Å²) in [5.41, 5.74) is 1.61. The van der Waals surface area contributed by atoms with Gasteiger partial charge >= 0.3 is 0 Å². The molecule has 2 amide bonds. The first-order chi connectivity index (χ1) is 12.5. The molecule has 0 radical (unpaired) electrons. The highest BCUT2D eigenvalue weighted by Gasteiger charge is 2.20. The van der Waals surface area contributed by atoms with Crippen molar-refractivity contribution in [1.29, 1.82) is 0 Å². The average Bonchev–Trinajstić information content (AvgIpc) is 2.66. The molecule has 2 aromatic carbocycles. The number of amides is 2. The second kappa shape index (κ2) is 7.91. The third kappa shape index (κ3) is 4.14. The van der Waals surface area contributed by atoms with Crippen molar-refractivity contribution in [2.75, 3.05) is 24.7 Å². The zero-order valence-corrected chi connectivity index (χ0v) is 14.9. The van der Waals surface area contributed by atoms with Gasteiger partial charge in [0.2, 0.25) is 11.8 Å². The first kappa shape index (κ1) is 17.8. The predicted molar refractivity (Wildman–Crippen MR) is 98.5 cm³/mol. The van der Waals surface area contributed by atoms with Crippen LogP contribution in [0.5, 0.6) is 11.5 Å². The van der Waals surface area contributed by atoms with Gasteiger partial charge in [-0.25, -0.2) is 0 Å². The van der Waals surface area contributed by atoms with Gasteiger partial charge < -0.3 is 19.7 Å². The Morgan fingerprint density at radius 1 is 1.08 bits per heavy atom. The fraction of sp³-hybridized carbons (Fsp3) is 0.300. The van der Waals surface area contributed by atoms with Crippen LogP contribution in [0.25, 0.3) is 0 Å². The Kier molecular flexibility index (Phi) is 5.41. The highest BCUT2D eigenvalue weighted by atomic mass is 16.6. The summed E-state index contributed by atoms with van der Waals surface area (Å²) >= 11 is 0. The Hall–Kier alpha value is -3.02. The van der Waals surface area contributed by atoms with Crippen LogP contribution in [0.1, 0.15) is 25.5 Å². The molecule has 0 bridgehead atoms. The molecule has 1 atom stereocenters. The van der Waals surface area contributed by atoms with Gasteiger partial charge in [-0.1, -0.05) is 30.3 Å². The van der Waals surface area contributed by atoms with E-state index in [2.05, 4.69) is 5.32 Å². The summed E-state index contributed by atoms with van der Waals surface area (Å²) in [6.07, 6.45) is 0. The summed E-state index contributed by atoms with van der Waals surface area (Å²) in [6, 6.07) is 14.8. The van der Waals surface area contributed by atoms with Gasteiger partial charge in [-0.2, -0.15) is 0 Å². The first-order valence-electron chi connectivity index (χ1n) is 8.56. The molecule has 1 heterocycles. The second-order valence-corrected chi connectivity index (χ2v) is 6.13. The molecule has 0 saturated carbocycles. The maximum atomic E-state index is 12.4. The van der Waals surface area contributed by atoms with Crippen molar-refractivity contribution in [3.63, 3.8) is 0 Å². The van der Waals surface area contributed by atoms with Gasteiger partial charge in [0.05, 0.1) is 6.04 Å². The molecule has 1 aliphatic heterocycles. The van der Waals surface area contributed by atoms with E-state index in [1.165, 1.54) is 11.8 Å². The van der Waals surface area contributed by atoms with E-state index in [4.69, 9.17) is 9.47 Å². The number of hydrogen-bond acceptors (Lipinski definition) is 4. The van der Waals surface area contributed by atoms with E-state index >= 15 is 0 Å². The maximum absolute atomic E-state index is 12.4. The number of rotatable bonds is 5. The number of fused-ring (bicyclic) bond motifs is 1. The molecule has 0 aliphatic carbocycles. The predicted octanol–water partition coefficient (Wildman–Crippen LogP) is 2.69. The lowest BCUT2D eigenvalue weighted by Gasteiger charge is -2.25. The van der Waals surface area contributed by atoms with Crippen LogP contribution in [-0.2, 0) is 9.59 Å². The zero-order valence-electron chi connectivity index (χ0n) is 14.9. The largest absolute Gasteiger partial charge is 0.486 e. The molecule has 2 aromatic rings. The normalized spacial score (nSPS) is 13.6. The number of carbonyl (C=O) groups excluding carboxylic acids is 2. The van der Waals surface area contributed by atoms with E-state index in [0.717, 1.165) is 5.56 Å². The second-order valence-electron chi connectivity index (χ2n) is 6.13. The summed E-state index contributed by atoms with van der Waals surface area (Å²) in [4.78, 5) is 25.9. The number of carbonyl (C=O) groups is 2. The Balaban J connectivity index is 1.70. The van der Waals surface area contributed by atoms with Gasteiger partial charge in [-0.3, -0.25) is 9.59 Å². The fourth-order valence-corrected chi connectivity index (χ4v) is 2.84. The lowest BCUT2D eigenvalue weighted by molar-refractivity contribution is -0.123. The van der Waals surface area contributed by atoms with Gasteiger partial charge in [-0.05, 0) is 24.6 Å². The highest BCUT2D eigenvalue weighted by Crippen LogP contribution is 2.34. The van der Waals surface area contributed by atoms with Crippen LogP contribution >= 0.6 is 0 Å². The molecule has 1 unspecified atom stereocenters. The molecular weight excluding hydrogens is 332 g/mol. The van der Waals surface area contributed by atoms with Crippen molar-refractivity contribution in [2.24, 2.45) is 0 Å². The number of anilines is 1. The van der Waals surface area contributed by atoms with Gasteiger partial charge in [0.1, 0.15) is 19.8 Å². The fourth-order valence-electron chi connectivity index (χ4n) is 2.84. The Labute approximate surface area is 152 Å². The van der Waals surface area contributed by atoms with Crippen molar-refractivity contribution in [1.82, 2.24) is 5.32 Å². The van der Waals surface area contributed by atoms with Crippen molar-refractivity contribution < 1.29 is 19.1 Å². The van der Waals surface area contributed by atoms with Gasteiger partial charge in [0, 0.05) is 18.7 Å². The van der Waals surface area contributed by atoms with Crippen LogP contribution in [-0.4, -0.2) is 31.6 Å².